The van der Waals surface area contributed by atoms with Crippen LogP contribution in [-0.4, -0.2) is 40.6 Å². The number of hydrogen-bond donors (Lipinski definition) is 1. The van der Waals surface area contributed by atoms with E-state index in [0.717, 1.165) is 38.5 Å². The standard InChI is InChI=1S/C13H26N4/c1-4-9-16(5-2)10-7-14-12-13-15-8-11-17(13)6-3/h8,11,14H,4-7,9-10,12H2,1-3H3. The second-order valence-electron chi connectivity index (χ2n) is 4.24. The summed E-state index contributed by atoms with van der Waals surface area (Å²) >= 11 is 0. The minimum atomic E-state index is 0.866. The fourth-order valence-corrected chi connectivity index (χ4v) is 1.98. The predicted molar refractivity (Wildman–Crippen MR) is 72.0 cm³/mol. The first-order chi connectivity index (χ1) is 8.31. The molecule has 0 aliphatic carbocycles. The maximum Gasteiger partial charge on any atom is 0.122 e. The van der Waals surface area contributed by atoms with Gasteiger partial charge in [-0.3, -0.25) is 0 Å². The Labute approximate surface area is 105 Å². The van der Waals surface area contributed by atoms with E-state index in [9.17, 15) is 0 Å². The summed E-state index contributed by atoms with van der Waals surface area (Å²) in [4.78, 5) is 6.82. The third-order valence-electron chi connectivity index (χ3n) is 3.02. The number of likely N-dealkylation sites (N-methyl/N-ethyl adjacent to an activating group) is 1. The van der Waals surface area contributed by atoms with E-state index in [0.29, 0.717) is 0 Å². The number of nitrogens with one attached hydrogen (secondary N) is 1. The van der Waals surface area contributed by atoms with E-state index in [-0.39, 0.29) is 0 Å². The van der Waals surface area contributed by atoms with E-state index in [2.05, 4.69) is 40.5 Å². The molecule has 98 valence electrons. The monoisotopic (exact) mass is 238 g/mol. The molecule has 0 saturated heterocycles. The first-order valence-corrected chi connectivity index (χ1v) is 6.74. The summed E-state index contributed by atoms with van der Waals surface area (Å²) in [6, 6.07) is 0. The van der Waals surface area contributed by atoms with Crippen LogP contribution in [0, 0.1) is 0 Å². The molecule has 0 aromatic carbocycles. The minimum absolute atomic E-state index is 0.866. The summed E-state index contributed by atoms with van der Waals surface area (Å²) in [5.41, 5.74) is 0. The fourth-order valence-electron chi connectivity index (χ4n) is 1.98. The van der Waals surface area contributed by atoms with Crippen LogP contribution in [0.5, 0.6) is 0 Å². The molecular weight excluding hydrogens is 212 g/mol. The van der Waals surface area contributed by atoms with E-state index >= 15 is 0 Å². The Bertz CT molecular complexity index is 295. The lowest BCUT2D eigenvalue weighted by Crippen LogP contribution is -2.32. The molecule has 0 radical (unpaired) electrons. The van der Waals surface area contributed by atoms with Gasteiger partial charge < -0.3 is 14.8 Å². The molecule has 0 fully saturated rings. The SMILES string of the molecule is CCCN(CC)CCNCc1nccn1CC. The van der Waals surface area contributed by atoms with Gasteiger partial charge in [0.25, 0.3) is 0 Å². The second-order valence-corrected chi connectivity index (χ2v) is 4.24. The topological polar surface area (TPSA) is 33.1 Å². The van der Waals surface area contributed by atoms with Crippen molar-refractivity contribution in [2.45, 2.75) is 40.3 Å². The van der Waals surface area contributed by atoms with Crippen LogP contribution < -0.4 is 5.32 Å². The van der Waals surface area contributed by atoms with Crippen LogP contribution in [0.2, 0.25) is 0 Å². The van der Waals surface area contributed by atoms with Gasteiger partial charge in [-0.05, 0) is 26.4 Å². The number of aromatic nitrogens is 2. The van der Waals surface area contributed by atoms with Gasteiger partial charge in [-0.1, -0.05) is 13.8 Å². The Hall–Kier alpha value is -0.870. The lowest BCUT2D eigenvalue weighted by molar-refractivity contribution is 0.287. The quantitative estimate of drug-likeness (QED) is 0.665. The van der Waals surface area contributed by atoms with Crippen molar-refractivity contribution < 1.29 is 0 Å². The number of nitrogens with zero attached hydrogens (tertiary/aromatic N) is 3. The van der Waals surface area contributed by atoms with Crippen molar-refractivity contribution in [3.63, 3.8) is 0 Å². The molecule has 17 heavy (non-hydrogen) atoms. The lowest BCUT2D eigenvalue weighted by Gasteiger charge is -2.19. The molecule has 0 aliphatic rings. The van der Waals surface area contributed by atoms with Gasteiger partial charge in [-0.2, -0.15) is 0 Å². The summed E-state index contributed by atoms with van der Waals surface area (Å²) in [6.07, 6.45) is 5.14. The molecule has 0 aliphatic heterocycles. The highest BCUT2D eigenvalue weighted by Gasteiger charge is 2.02. The van der Waals surface area contributed by atoms with Crippen LogP contribution in [-0.2, 0) is 13.1 Å². The molecule has 1 N–H and O–H groups in total. The van der Waals surface area contributed by atoms with Crippen molar-refractivity contribution in [1.29, 1.82) is 0 Å². The molecular formula is C13H26N4. The highest BCUT2D eigenvalue weighted by Crippen LogP contribution is 1.96. The summed E-state index contributed by atoms with van der Waals surface area (Å²) in [7, 11) is 0. The average molecular weight is 238 g/mol. The molecule has 1 aromatic rings. The Morgan fingerprint density at radius 1 is 1.29 bits per heavy atom. The summed E-state index contributed by atoms with van der Waals surface area (Å²) in [5, 5.41) is 3.46. The van der Waals surface area contributed by atoms with Gasteiger partial charge >= 0.3 is 0 Å². The maximum absolute atomic E-state index is 4.35. The average Bonchev–Trinajstić information content (AvgIpc) is 2.80. The molecule has 1 rings (SSSR count). The smallest absolute Gasteiger partial charge is 0.122 e. The first kappa shape index (κ1) is 14.2. The molecule has 0 saturated carbocycles. The Balaban J connectivity index is 2.19. The number of aryl methyl sites for hydroxylation is 1. The molecule has 0 amide bonds. The number of hydrogen-bond acceptors (Lipinski definition) is 3. The van der Waals surface area contributed by atoms with E-state index in [4.69, 9.17) is 0 Å². The van der Waals surface area contributed by atoms with E-state index in [1.807, 2.05) is 12.4 Å². The molecule has 1 aromatic heterocycles. The van der Waals surface area contributed by atoms with Crippen LogP contribution in [0.1, 0.15) is 33.0 Å². The molecule has 4 heteroatoms. The van der Waals surface area contributed by atoms with Gasteiger partial charge in [0.1, 0.15) is 5.82 Å². The zero-order valence-corrected chi connectivity index (χ0v) is 11.4. The third kappa shape index (κ3) is 4.88. The van der Waals surface area contributed by atoms with Crippen LogP contribution in [0.3, 0.4) is 0 Å². The largest absolute Gasteiger partial charge is 0.334 e. The van der Waals surface area contributed by atoms with E-state index in [1.54, 1.807) is 0 Å². The zero-order valence-electron chi connectivity index (χ0n) is 11.4. The number of imidazole rings is 1. The van der Waals surface area contributed by atoms with Crippen LogP contribution in [0.4, 0.5) is 0 Å². The van der Waals surface area contributed by atoms with Gasteiger partial charge in [0, 0.05) is 32.0 Å². The molecule has 4 nitrogen and oxygen atoms in total. The molecule has 1 heterocycles. The highest BCUT2D eigenvalue weighted by molar-refractivity contribution is 4.91. The Morgan fingerprint density at radius 3 is 2.76 bits per heavy atom. The van der Waals surface area contributed by atoms with Crippen LogP contribution >= 0.6 is 0 Å². The Morgan fingerprint density at radius 2 is 2.12 bits per heavy atom. The Kier molecular flexibility index (Phi) is 6.89. The molecule has 0 spiro atoms. The van der Waals surface area contributed by atoms with Gasteiger partial charge in [0.05, 0.1) is 6.54 Å². The summed E-state index contributed by atoms with van der Waals surface area (Å²) < 4.78 is 2.18. The normalized spacial score (nSPS) is 11.3. The summed E-state index contributed by atoms with van der Waals surface area (Å²) in [5.74, 6) is 1.13. The predicted octanol–water partition coefficient (Wildman–Crippen LogP) is 1.72. The minimum Gasteiger partial charge on any atom is -0.334 e. The van der Waals surface area contributed by atoms with E-state index < -0.39 is 0 Å². The zero-order chi connectivity index (χ0) is 12.5. The summed E-state index contributed by atoms with van der Waals surface area (Å²) in [6.45, 7) is 12.9. The van der Waals surface area contributed by atoms with Crippen LogP contribution in [0.25, 0.3) is 0 Å². The van der Waals surface area contributed by atoms with Crippen molar-refractivity contribution >= 4 is 0 Å². The lowest BCUT2D eigenvalue weighted by atomic mass is 10.4. The van der Waals surface area contributed by atoms with Crippen molar-refractivity contribution in [1.82, 2.24) is 19.8 Å². The van der Waals surface area contributed by atoms with Crippen molar-refractivity contribution in [3.8, 4) is 0 Å². The first-order valence-electron chi connectivity index (χ1n) is 6.74. The van der Waals surface area contributed by atoms with Crippen molar-refractivity contribution in [3.05, 3.63) is 18.2 Å². The molecule has 0 bridgehead atoms. The van der Waals surface area contributed by atoms with Crippen molar-refractivity contribution in [2.24, 2.45) is 0 Å². The van der Waals surface area contributed by atoms with E-state index in [1.165, 1.54) is 13.0 Å². The fraction of sp³-hybridized carbons (Fsp3) is 0.769. The molecule has 0 atom stereocenters. The van der Waals surface area contributed by atoms with Crippen LogP contribution in [0.15, 0.2) is 12.4 Å². The number of rotatable bonds is 9. The second kappa shape index (κ2) is 8.25. The maximum atomic E-state index is 4.35. The highest BCUT2D eigenvalue weighted by atomic mass is 15.1. The van der Waals surface area contributed by atoms with Gasteiger partial charge in [0.2, 0.25) is 0 Å². The van der Waals surface area contributed by atoms with Gasteiger partial charge in [-0.25, -0.2) is 4.98 Å². The third-order valence-corrected chi connectivity index (χ3v) is 3.02. The van der Waals surface area contributed by atoms with Gasteiger partial charge in [-0.15, -0.1) is 0 Å². The molecule has 0 unspecified atom stereocenters. The van der Waals surface area contributed by atoms with Crippen molar-refractivity contribution in [2.75, 3.05) is 26.2 Å². The van der Waals surface area contributed by atoms with Gasteiger partial charge in [0.15, 0.2) is 0 Å².